The minimum absolute atomic E-state index is 0.0214. The van der Waals surface area contributed by atoms with E-state index in [1.165, 1.54) is 12.1 Å². The molecule has 90 valence electrons. The number of benzene rings is 1. The van der Waals surface area contributed by atoms with Gasteiger partial charge in [-0.3, -0.25) is 0 Å². The Balaban J connectivity index is 2.81. The van der Waals surface area contributed by atoms with Gasteiger partial charge in [-0.1, -0.05) is 19.9 Å². The standard InChI is InChI=1S/C13H17ClF2/c1-8(2)11(9(3)14)6-10-4-5-12(15)13(16)7-10/h4-5,7-9,11H,6H2,1-3H3. The van der Waals surface area contributed by atoms with Crippen molar-refractivity contribution >= 4 is 11.6 Å². The highest BCUT2D eigenvalue weighted by atomic mass is 35.5. The van der Waals surface area contributed by atoms with Crippen LogP contribution in [0, 0.1) is 23.5 Å². The van der Waals surface area contributed by atoms with E-state index in [0.717, 1.165) is 5.56 Å². The van der Waals surface area contributed by atoms with Crippen LogP contribution in [-0.2, 0) is 6.42 Å². The zero-order valence-corrected chi connectivity index (χ0v) is 10.6. The molecule has 3 heteroatoms. The van der Waals surface area contributed by atoms with E-state index in [1.807, 2.05) is 6.92 Å². The lowest BCUT2D eigenvalue weighted by Gasteiger charge is -2.23. The van der Waals surface area contributed by atoms with Crippen LogP contribution in [0.15, 0.2) is 18.2 Å². The predicted molar refractivity (Wildman–Crippen MR) is 63.7 cm³/mol. The van der Waals surface area contributed by atoms with Crippen molar-refractivity contribution < 1.29 is 8.78 Å². The minimum atomic E-state index is -0.802. The molecule has 0 spiro atoms. The van der Waals surface area contributed by atoms with E-state index >= 15 is 0 Å². The molecule has 0 saturated heterocycles. The van der Waals surface area contributed by atoms with E-state index in [1.54, 1.807) is 6.07 Å². The van der Waals surface area contributed by atoms with E-state index in [4.69, 9.17) is 11.6 Å². The molecule has 16 heavy (non-hydrogen) atoms. The Hall–Kier alpha value is -0.630. The third-order valence-electron chi connectivity index (χ3n) is 2.90. The molecule has 0 saturated carbocycles. The summed E-state index contributed by atoms with van der Waals surface area (Å²) in [5, 5.41) is 0.0214. The van der Waals surface area contributed by atoms with Crippen LogP contribution in [0.5, 0.6) is 0 Å². The summed E-state index contributed by atoms with van der Waals surface area (Å²) in [5.74, 6) is -0.904. The van der Waals surface area contributed by atoms with Gasteiger partial charge in [0, 0.05) is 5.38 Å². The van der Waals surface area contributed by atoms with E-state index in [9.17, 15) is 8.78 Å². The zero-order chi connectivity index (χ0) is 12.3. The first-order valence-electron chi connectivity index (χ1n) is 5.49. The number of hydrogen-bond donors (Lipinski definition) is 0. The Labute approximate surface area is 101 Å². The molecule has 0 heterocycles. The first kappa shape index (κ1) is 13.4. The van der Waals surface area contributed by atoms with Crippen LogP contribution in [-0.4, -0.2) is 5.38 Å². The van der Waals surface area contributed by atoms with E-state index in [0.29, 0.717) is 12.3 Å². The molecule has 0 radical (unpaired) electrons. The molecule has 0 nitrogen and oxygen atoms in total. The number of halogens is 3. The SMILES string of the molecule is CC(C)C(Cc1ccc(F)c(F)c1)C(C)Cl. The second kappa shape index (κ2) is 5.62. The van der Waals surface area contributed by atoms with Crippen molar-refractivity contribution in [1.29, 1.82) is 0 Å². The fourth-order valence-electron chi connectivity index (χ4n) is 1.87. The number of rotatable bonds is 4. The van der Waals surface area contributed by atoms with Crippen LogP contribution < -0.4 is 0 Å². The van der Waals surface area contributed by atoms with Gasteiger partial charge in [-0.05, 0) is 42.9 Å². The molecule has 0 aliphatic carbocycles. The highest BCUT2D eigenvalue weighted by molar-refractivity contribution is 6.20. The Kier molecular flexibility index (Phi) is 4.72. The topological polar surface area (TPSA) is 0 Å². The van der Waals surface area contributed by atoms with Gasteiger partial charge in [0.2, 0.25) is 0 Å². The molecule has 0 aliphatic heterocycles. The van der Waals surface area contributed by atoms with Crippen molar-refractivity contribution in [2.24, 2.45) is 11.8 Å². The van der Waals surface area contributed by atoms with Gasteiger partial charge in [0.05, 0.1) is 0 Å². The van der Waals surface area contributed by atoms with Crippen molar-refractivity contribution in [2.75, 3.05) is 0 Å². The van der Waals surface area contributed by atoms with Crippen LogP contribution in [0.4, 0.5) is 8.78 Å². The Morgan fingerprint density at radius 2 is 1.75 bits per heavy atom. The Bertz CT molecular complexity index is 340. The zero-order valence-electron chi connectivity index (χ0n) is 9.81. The molecule has 0 aromatic heterocycles. The summed E-state index contributed by atoms with van der Waals surface area (Å²) in [5.41, 5.74) is 0.796. The van der Waals surface area contributed by atoms with Gasteiger partial charge in [0.1, 0.15) is 0 Å². The smallest absolute Gasteiger partial charge is 0.159 e. The van der Waals surface area contributed by atoms with Crippen LogP contribution >= 0.6 is 11.6 Å². The predicted octanol–water partition coefficient (Wildman–Crippen LogP) is 4.41. The maximum atomic E-state index is 13.0. The lowest BCUT2D eigenvalue weighted by Crippen LogP contribution is -2.20. The molecule has 0 fully saturated rings. The Morgan fingerprint density at radius 3 is 2.19 bits per heavy atom. The second-order valence-corrected chi connectivity index (χ2v) is 5.23. The van der Waals surface area contributed by atoms with Crippen LogP contribution in [0.1, 0.15) is 26.3 Å². The average molecular weight is 247 g/mol. The largest absolute Gasteiger partial charge is 0.204 e. The summed E-state index contributed by atoms with van der Waals surface area (Å²) in [6.07, 6.45) is 0.680. The first-order valence-corrected chi connectivity index (χ1v) is 5.93. The van der Waals surface area contributed by atoms with Gasteiger partial charge in [0.15, 0.2) is 11.6 Å². The van der Waals surface area contributed by atoms with Crippen molar-refractivity contribution in [3.63, 3.8) is 0 Å². The van der Waals surface area contributed by atoms with Gasteiger partial charge in [0.25, 0.3) is 0 Å². The van der Waals surface area contributed by atoms with Crippen molar-refractivity contribution in [3.8, 4) is 0 Å². The lowest BCUT2D eigenvalue weighted by molar-refractivity contribution is 0.375. The maximum Gasteiger partial charge on any atom is 0.159 e. The third kappa shape index (κ3) is 3.44. The molecule has 1 aromatic rings. The first-order chi connectivity index (χ1) is 7.41. The quantitative estimate of drug-likeness (QED) is 0.691. The van der Waals surface area contributed by atoms with Crippen LogP contribution in [0.25, 0.3) is 0 Å². The monoisotopic (exact) mass is 246 g/mol. The van der Waals surface area contributed by atoms with Gasteiger partial charge in [-0.25, -0.2) is 8.78 Å². The fraction of sp³-hybridized carbons (Fsp3) is 0.538. The van der Waals surface area contributed by atoms with E-state index in [2.05, 4.69) is 13.8 Å². The van der Waals surface area contributed by atoms with Crippen molar-refractivity contribution in [3.05, 3.63) is 35.4 Å². The van der Waals surface area contributed by atoms with E-state index in [-0.39, 0.29) is 11.3 Å². The fourth-order valence-corrected chi connectivity index (χ4v) is 2.25. The molecule has 0 N–H and O–H groups in total. The Morgan fingerprint density at radius 1 is 1.12 bits per heavy atom. The highest BCUT2D eigenvalue weighted by Crippen LogP contribution is 2.24. The highest BCUT2D eigenvalue weighted by Gasteiger charge is 2.19. The second-order valence-electron chi connectivity index (χ2n) is 4.54. The normalized spacial score (nSPS) is 15.2. The maximum absolute atomic E-state index is 13.0. The van der Waals surface area contributed by atoms with E-state index < -0.39 is 11.6 Å². The van der Waals surface area contributed by atoms with Crippen LogP contribution in [0.2, 0.25) is 0 Å². The third-order valence-corrected chi connectivity index (χ3v) is 3.23. The molecule has 2 unspecified atom stereocenters. The molecular weight excluding hydrogens is 230 g/mol. The summed E-state index contributed by atoms with van der Waals surface area (Å²) in [6.45, 7) is 6.11. The molecule has 0 bridgehead atoms. The summed E-state index contributed by atoms with van der Waals surface area (Å²) in [7, 11) is 0. The average Bonchev–Trinajstić information content (AvgIpc) is 2.18. The summed E-state index contributed by atoms with van der Waals surface area (Å²) in [4.78, 5) is 0. The minimum Gasteiger partial charge on any atom is -0.204 e. The molecular formula is C13H17ClF2. The number of hydrogen-bond acceptors (Lipinski definition) is 0. The van der Waals surface area contributed by atoms with Gasteiger partial charge in [-0.2, -0.15) is 0 Å². The molecule has 2 atom stereocenters. The molecule has 0 amide bonds. The van der Waals surface area contributed by atoms with Gasteiger partial charge < -0.3 is 0 Å². The van der Waals surface area contributed by atoms with Gasteiger partial charge >= 0.3 is 0 Å². The molecule has 1 aromatic carbocycles. The number of alkyl halides is 1. The summed E-state index contributed by atoms with van der Waals surface area (Å²) in [6, 6.07) is 4.04. The van der Waals surface area contributed by atoms with Crippen molar-refractivity contribution in [1.82, 2.24) is 0 Å². The van der Waals surface area contributed by atoms with Crippen LogP contribution in [0.3, 0.4) is 0 Å². The molecule has 0 aliphatic rings. The lowest BCUT2D eigenvalue weighted by atomic mass is 9.87. The summed E-state index contributed by atoms with van der Waals surface area (Å²) >= 11 is 6.09. The molecule has 1 rings (SSSR count). The summed E-state index contributed by atoms with van der Waals surface area (Å²) < 4.78 is 25.8. The van der Waals surface area contributed by atoms with Crippen molar-refractivity contribution in [2.45, 2.75) is 32.6 Å². The van der Waals surface area contributed by atoms with Gasteiger partial charge in [-0.15, -0.1) is 11.6 Å².